The number of rotatable bonds is 7. The maximum Gasteiger partial charge on any atom is 0.273 e. The van der Waals surface area contributed by atoms with Crippen LogP contribution in [-0.4, -0.2) is 17.1 Å². The number of nitrogens with zero attached hydrogens (tertiary/aromatic N) is 2. The highest BCUT2D eigenvalue weighted by Crippen LogP contribution is 2.24. The first-order valence-electron chi connectivity index (χ1n) is 11.6. The summed E-state index contributed by atoms with van der Waals surface area (Å²) < 4.78 is 7.72. The van der Waals surface area contributed by atoms with Gasteiger partial charge in [0, 0.05) is 0 Å². The third-order valence-electron chi connectivity index (χ3n) is 5.51. The second kappa shape index (κ2) is 11.3. The molecule has 180 valence electrons. The minimum absolute atomic E-state index is 0.157. The molecule has 0 aliphatic rings. The number of aromatic nitrogens is 1. The van der Waals surface area contributed by atoms with Crippen LogP contribution in [0.4, 0.5) is 5.69 Å². The van der Waals surface area contributed by atoms with Crippen molar-refractivity contribution in [2.24, 2.45) is 0 Å². The van der Waals surface area contributed by atoms with Gasteiger partial charge in [0.1, 0.15) is 16.5 Å². The fourth-order valence-electron chi connectivity index (χ4n) is 3.70. The number of thiazole rings is 1. The van der Waals surface area contributed by atoms with Crippen LogP contribution in [0.25, 0.3) is 17.3 Å². The van der Waals surface area contributed by atoms with Gasteiger partial charge in [0.25, 0.3) is 11.5 Å². The number of hydrogen-bond acceptors (Lipinski definition) is 5. The summed E-state index contributed by atoms with van der Waals surface area (Å²) in [5, 5.41) is 12.8. The third-order valence-corrected chi connectivity index (χ3v) is 6.60. The van der Waals surface area contributed by atoms with E-state index in [4.69, 9.17) is 4.74 Å². The van der Waals surface area contributed by atoms with Crippen molar-refractivity contribution in [3.63, 3.8) is 0 Å². The zero-order valence-corrected chi connectivity index (χ0v) is 20.8. The maximum absolute atomic E-state index is 13.6. The molecule has 4 aromatic rings. The van der Waals surface area contributed by atoms with Crippen molar-refractivity contribution in [2.45, 2.75) is 20.3 Å². The molecule has 1 heterocycles. The van der Waals surface area contributed by atoms with Crippen molar-refractivity contribution in [3.05, 3.63) is 110 Å². The van der Waals surface area contributed by atoms with E-state index in [2.05, 4.69) is 12.2 Å². The molecule has 0 spiro atoms. The van der Waals surface area contributed by atoms with E-state index in [0.29, 0.717) is 28.3 Å². The summed E-state index contributed by atoms with van der Waals surface area (Å²) in [4.78, 5) is 26.9. The molecule has 3 aromatic carbocycles. The first-order chi connectivity index (χ1) is 17.5. The standard InChI is InChI=1S/C29H25N3O3S/c1-3-20-14-16-22(17-15-20)32-28(34)26(18-21-10-6-5-7-11-21)36-29(32)23(19-30)27(33)31-24-12-8-9-13-25(24)35-4-2/h5-18H,3-4H2,1-2H3,(H,31,33)/b26-18-,29-23-. The quantitative estimate of drug-likeness (QED) is 0.420. The Bertz CT molecular complexity index is 1590. The van der Waals surface area contributed by atoms with Crippen LogP contribution in [-0.2, 0) is 11.2 Å². The number of aryl methyl sites for hydroxylation is 1. The fraction of sp³-hybridized carbons (Fsp3) is 0.138. The molecule has 0 aliphatic heterocycles. The number of para-hydroxylation sites is 2. The average Bonchev–Trinajstić information content (AvgIpc) is 3.21. The molecular weight excluding hydrogens is 470 g/mol. The van der Waals surface area contributed by atoms with Crippen LogP contribution in [0.15, 0.2) is 83.7 Å². The number of benzene rings is 3. The molecule has 0 unspecified atom stereocenters. The Morgan fingerprint density at radius 1 is 1.03 bits per heavy atom. The Labute approximate surface area is 213 Å². The summed E-state index contributed by atoms with van der Waals surface area (Å²) in [6.45, 7) is 4.33. The summed E-state index contributed by atoms with van der Waals surface area (Å²) >= 11 is 1.12. The largest absolute Gasteiger partial charge is 0.492 e. The first kappa shape index (κ1) is 24.7. The van der Waals surface area contributed by atoms with Crippen LogP contribution in [0.3, 0.4) is 0 Å². The molecule has 0 fully saturated rings. The van der Waals surface area contributed by atoms with E-state index < -0.39 is 5.91 Å². The van der Waals surface area contributed by atoms with Crippen LogP contribution in [0, 0.1) is 11.3 Å². The zero-order valence-electron chi connectivity index (χ0n) is 20.0. The van der Waals surface area contributed by atoms with Crippen molar-refractivity contribution in [1.29, 1.82) is 5.26 Å². The first-order valence-corrected chi connectivity index (χ1v) is 12.4. The normalized spacial score (nSPS) is 12.1. The number of carbonyl (C=O) groups is 1. The van der Waals surface area contributed by atoms with Gasteiger partial charge in [-0.05, 0) is 54.8 Å². The lowest BCUT2D eigenvalue weighted by Gasteiger charge is -2.11. The van der Waals surface area contributed by atoms with Gasteiger partial charge in [-0.1, -0.05) is 61.5 Å². The molecule has 0 aliphatic carbocycles. The predicted octanol–water partition coefficient (Wildman–Crippen LogP) is 4.00. The average molecular weight is 496 g/mol. The van der Waals surface area contributed by atoms with Gasteiger partial charge in [-0.3, -0.25) is 14.2 Å². The summed E-state index contributed by atoms with van der Waals surface area (Å²) in [5.74, 6) is -0.112. The second-order valence-electron chi connectivity index (χ2n) is 7.86. The predicted molar refractivity (Wildman–Crippen MR) is 144 cm³/mol. The lowest BCUT2D eigenvalue weighted by molar-refractivity contribution is -0.111. The lowest BCUT2D eigenvalue weighted by atomic mass is 10.1. The smallest absolute Gasteiger partial charge is 0.273 e. The van der Waals surface area contributed by atoms with Crippen LogP contribution in [0.5, 0.6) is 5.75 Å². The van der Waals surface area contributed by atoms with E-state index in [1.54, 1.807) is 30.3 Å². The van der Waals surface area contributed by atoms with E-state index in [0.717, 1.165) is 28.9 Å². The number of anilines is 1. The van der Waals surface area contributed by atoms with Crippen LogP contribution >= 0.6 is 11.3 Å². The fourth-order valence-corrected chi connectivity index (χ4v) is 4.80. The van der Waals surface area contributed by atoms with E-state index >= 15 is 0 Å². The van der Waals surface area contributed by atoms with Crippen LogP contribution in [0.2, 0.25) is 0 Å². The minimum atomic E-state index is -0.615. The molecule has 7 heteroatoms. The third kappa shape index (κ3) is 5.29. The van der Waals surface area contributed by atoms with Crippen molar-refractivity contribution in [1.82, 2.24) is 4.57 Å². The topological polar surface area (TPSA) is 84.1 Å². The highest BCUT2D eigenvalue weighted by molar-refractivity contribution is 7.07. The molecular formula is C29H25N3O3S. The number of nitriles is 1. The van der Waals surface area contributed by atoms with E-state index in [1.165, 1.54) is 4.57 Å². The van der Waals surface area contributed by atoms with Gasteiger partial charge in [-0.2, -0.15) is 5.26 Å². The Morgan fingerprint density at radius 2 is 1.72 bits per heavy atom. The Kier molecular flexibility index (Phi) is 7.79. The molecule has 0 radical (unpaired) electrons. The van der Waals surface area contributed by atoms with E-state index in [-0.39, 0.29) is 15.8 Å². The highest BCUT2D eigenvalue weighted by atomic mass is 32.1. The monoisotopic (exact) mass is 495 g/mol. The van der Waals surface area contributed by atoms with Crippen molar-refractivity contribution in [2.75, 3.05) is 11.9 Å². The number of ether oxygens (including phenoxy) is 1. The summed E-state index contributed by atoms with van der Waals surface area (Å²) in [6.07, 6.45) is 2.63. The van der Waals surface area contributed by atoms with Gasteiger partial charge < -0.3 is 10.1 Å². The van der Waals surface area contributed by atoms with Crippen LogP contribution in [0.1, 0.15) is 25.0 Å². The number of amides is 1. The SMILES string of the molecule is CCOc1ccccc1NC(=O)/C(C#N)=c1\s/c(=C\c2ccccc2)c(=O)n1-c1ccc(CC)cc1. The summed E-state index contributed by atoms with van der Waals surface area (Å²) in [6, 6.07) is 26.1. The zero-order chi connectivity index (χ0) is 25.5. The molecule has 6 nitrogen and oxygen atoms in total. The number of nitrogens with one attached hydrogen (secondary N) is 1. The summed E-state index contributed by atoms with van der Waals surface area (Å²) in [7, 11) is 0. The van der Waals surface area contributed by atoms with Gasteiger partial charge in [-0.15, -0.1) is 11.3 Å². The van der Waals surface area contributed by atoms with Gasteiger partial charge in [0.15, 0.2) is 5.57 Å². The highest BCUT2D eigenvalue weighted by Gasteiger charge is 2.18. The molecule has 1 N–H and O–H groups in total. The Morgan fingerprint density at radius 3 is 2.39 bits per heavy atom. The lowest BCUT2D eigenvalue weighted by Crippen LogP contribution is -2.32. The molecule has 36 heavy (non-hydrogen) atoms. The number of carbonyl (C=O) groups excluding carboxylic acids is 1. The van der Waals surface area contributed by atoms with E-state index in [1.807, 2.05) is 67.6 Å². The minimum Gasteiger partial charge on any atom is -0.492 e. The molecule has 0 bridgehead atoms. The molecule has 4 rings (SSSR count). The van der Waals surface area contributed by atoms with Gasteiger partial charge in [0.05, 0.1) is 22.5 Å². The summed E-state index contributed by atoms with van der Waals surface area (Å²) in [5.41, 5.74) is 2.56. The molecule has 0 saturated carbocycles. The molecule has 0 atom stereocenters. The Balaban J connectivity index is 1.93. The molecule has 1 amide bonds. The van der Waals surface area contributed by atoms with Crippen molar-refractivity contribution < 1.29 is 9.53 Å². The number of hydrogen-bond donors (Lipinski definition) is 1. The second-order valence-corrected chi connectivity index (χ2v) is 8.89. The van der Waals surface area contributed by atoms with Gasteiger partial charge in [-0.25, -0.2) is 0 Å². The van der Waals surface area contributed by atoms with E-state index in [9.17, 15) is 14.9 Å². The maximum atomic E-state index is 13.6. The van der Waals surface area contributed by atoms with Crippen molar-refractivity contribution in [3.8, 4) is 17.5 Å². The van der Waals surface area contributed by atoms with Crippen molar-refractivity contribution >= 4 is 34.6 Å². The molecule has 0 saturated heterocycles. The molecule has 1 aromatic heterocycles. The van der Waals surface area contributed by atoms with Gasteiger partial charge >= 0.3 is 0 Å². The van der Waals surface area contributed by atoms with Crippen LogP contribution < -0.4 is 24.8 Å². The Hall–Kier alpha value is -4.41. The van der Waals surface area contributed by atoms with Gasteiger partial charge in [0.2, 0.25) is 0 Å².